The van der Waals surface area contributed by atoms with Crippen molar-refractivity contribution < 1.29 is 17.4 Å². The van der Waals surface area contributed by atoms with Crippen molar-refractivity contribution in [2.24, 2.45) is 5.92 Å². The quantitative estimate of drug-likeness (QED) is 0.612. The van der Waals surface area contributed by atoms with Crippen molar-refractivity contribution in [2.45, 2.75) is 57.8 Å². The van der Waals surface area contributed by atoms with Crippen LogP contribution in [-0.4, -0.2) is 20.8 Å². The van der Waals surface area contributed by atoms with Gasteiger partial charge in [0, 0.05) is 5.92 Å². The van der Waals surface area contributed by atoms with Gasteiger partial charge in [-0.2, -0.15) is 8.42 Å². The van der Waals surface area contributed by atoms with Gasteiger partial charge in [0.15, 0.2) is 5.78 Å². The molecule has 5 heteroatoms. The van der Waals surface area contributed by atoms with Gasteiger partial charge in [0.2, 0.25) is 0 Å². The molecule has 0 saturated carbocycles. The van der Waals surface area contributed by atoms with Crippen LogP contribution in [0.3, 0.4) is 0 Å². The van der Waals surface area contributed by atoms with Crippen molar-refractivity contribution in [1.29, 1.82) is 0 Å². The SMILES string of the molecule is CCCCC(CCC)C(=O)COS(=O)(=O)c1ccc(C)cc1. The zero-order valence-corrected chi connectivity index (χ0v) is 14.5. The molecule has 1 aromatic rings. The maximum Gasteiger partial charge on any atom is 0.297 e. The van der Waals surface area contributed by atoms with Crippen LogP contribution in [0.5, 0.6) is 0 Å². The summed E-state index contributed by atoms with van der Waals surface area (Å²) in [5.41, 5.74) is 0.970. The molecule has 0 fully saturated rings. The van der Waals surface area contributed by atoms with E-state index in [1.54, 1.807) is 12.1 Å². The normalized spacial score (nSPS) is 13.0. The summed E-state index contributed by atoms with van der Waals surface area (Å²) in [6, 6.07) is 6.41. The van der Waals surface area contributed by atoms with Crippen molar-refractivity contribution in [3.63, 3.8) is 0 Å². The van der Waals surface area contributed by atoms with Crippen molar-refractivity contribution in [3.8, 4) is 0 Å². The Hall–Kier alpha value is -1.20. The second-order valence-electron chi connectivity index (χ2n) is 5.62. The lowest BCUT2D eigenvalue weighted by atomic mass is 9.93. The van der Waals surface area contributed by atoms with E-state index in [4.69, 9.17) is 4.18 Å². The van der Waals surface area contributed by atoms with Crippen LogP contribution in [0.4, 0.5) is 0 Å². The monoisotopic (exact) mass is 326 g/mol. The molecule has 0 aromatic heterocycles. The summed E-state index contributed by atoms with van der Waals surface area (Å²) in [4.78, 5) is 12.3. The van der Waals surface area contributed by atoms with Gasteiger partial charge in [-0.1, -0.05) is 50.8 Å². The molecular formula is C17H26O4S. The first-order chi connectivity index (χ1) is 10.4. The Morgan fingerprint density at radius 3 is 2.27 bits per heavy atom. The molecule has 0 heterocycles. The summed E-state index contributed by atoms with van der Waals surface area (Å²) in [7, 11) is -3.86. The molecule has 0 aliphatic rings. The van der Waals surface area contributed by atoms with Gasteiger partial charge in [0.05, 0.1) is 4.90 Å². The van der Waals surface area contributed by atoms with E-state index in [1.807, 2.05) is 13.8 Å². The van der Waals surface area contributed by atoms with Crippen LogP contribution in [0.25, 0.3) is 0 Å². The standard InChI is InChI=1S/C17H26O4S/c1-4-6-8-15(7-5-2)17(18)13-21-22(19,20)16-11-9-14(3)10-12-16/h9-12,15H,4-8,13H2,1-3H3. The van der Waals surface area contributed by atoms with E-state index in [0.717, 1.165) is 37.7 Å². The van der Waals surface area contributed by atoms with Crippen LogP contribution in [-0.2, 0) is 19.1 Å². The average molecular weight is 326 g/mol. The Morgan fingerprint density at radius 2 is 1.73 bits per heavy atom. The van der Waals surface area contributed by atoms with Crippen molar-refractivity contribution in [3.05, 3.63) is 29.8 Å². The van der Waals surface area contributed by atoms with Gasteiger partial charge in [-0.15, -0.1) is 0 Å². The second-order valence-corrected chi connectivity index (χ2v) is 7.24. The van der Waals surface area contributed by atoms with E-state index in [2.05, 4.69) is 6.92 Å². The molecule has 1 aromatic carbocycles. The maximum atomic E-state index is 12.2. The maximum absolute atomic E-state index is 12.2. The highest BCUT2D eigenvalue weighted by Crippen LogP contribution is 2.18. The molecule has 0 spiro atoms. The number of rotatable bonds is 10. The number of Topliss-reactive ketones (excluding diaryl/α,β-unsaturated/α-hetero) is 1. The van der Waals surface area contributed by atoms with Gasteiger partial charge in [-0.05, 0) is 31.9 Å². The van der Waals surface area contributed by atoms with E-state index in [-0.39, 0.29) is 23.2 Å². The number of carbonyl (C=O) groups excluding carboxylic acids is 1. The highest BCUT2D eigenvalue weighted by molar-refractivity contribution is 7.86. The Kier molecular flexibility index (Phi) is 7.76. The first-order valence-corrected chi connectivity index (χ1v) is 9.30. The third-order valence-electron chi connectivity index (χ3n) is 3.66. The molecule has 4 nitrogen and oxygen atoms in total. The van der Waals surface area contributed by atoms with E-state index >= 15 is 0 Å². The van der Waals surface area contributed by atoms with Gasteiger partial charge in [-0.3, -0.25) is 8.98 Å². The molecule has 0 N–H and O–H groups in total. The topological polar surface area (TPSA) is 60.4 Å². The fourth-order valence-electron chi connectivity index (χ4n) is 2.29. The number of benzene rings is 1. The van der Waals surface area contributed by atoms with Gasteiger partial charge in [-0.25, -0.2) is 0 Å². The number of ketones is 1. The molecule has 0 amide bonds. The molecule has 1 unspecified atom stereocenters. The van der Waals surface area contributed by atoms with Crippen molar-refractivity contribution in [1.82, 2.24) is 0 Å². The Morgan fingerprint density at radius 1 is 1.09 bits per heavy atom. The van der Waals surface area contributed by atoms with E-state index in [9.17, 15) is 13.2 Å². The van der Waals surface area contributed by atoms with Crippen molar-refractivity contribution in [2.75, 3.05) is 6.61 Å². The van der Waals surface area contributed by atoms with Gasteiger partial charge in [0.1, 0.15) is 6.61 Å². The molecule has 0 saturated heterocycles. The van der Waals surface area contributed by atoms with E-state index in [1.165, 1.54) is 12.1 Å². The van der Waals surface area contributed by atoms with Crippen LogP contribution in [0, 0.1) is 12.8 Å². The molecule has 1 atom stereocenters. The summed E-state index contributed by atoms with van der Waals surface area (Å²) in [6.07, 6.45) is 4.49. The predicted octanol–water partition coefficient (Wildman–Crippen LogP) is 3.88. The van der Waals surface area contributed by atoms with Crippen LogP contribution in [0.15, 0.2) is 29.2 Å². The Bertz CT molecular complexity index is 561. The minimum absolute atomic E-state index is 0.0894. The van der Waals surface area contributed by atoms with E-state index in [0.29, 0.717) is 0 Å². The lowest BCUT2D eigenvalue weighted by Crippen LogP contribution is -2.22. The smallest absolute Gasteiger partial charge is 0.297 e. The largest absolute Gasteiger partial charge is 0.297 e. The predicted molar refractivity (Wildman–Crippen MR) is 87.2 cm³/mol. The summed E-state index contributed by atoms with van der Waals surface area (Å²) in [5.74, 6) is -0.218. The van der Waals surface area contributed by atoms with E-state index < -0.39 is 10.1 Å². The fraction of sp³-hybridized carbons (Fsp3) is 0.588. The third kappa shape index (κ3) is 5.89. The first-order valence-electron chi connectivity index (χ1n) is 7.89. The molecule has 124 valence electrons. The molecule has 0 aliphatic carbocycles. The summed E-state index contributed by atoms with van der Waals surface area (Å²) in [5, 5.41) is 0. The Labute approximate surface area is 134 Å². The third-order valence-corrected chi connectivity index (χ3v) is 4.94. The van der Waals surface area contributed by atoms with Crippen LogP contribution in [0.1, 0.15) is 51.5 Å². The molecular weight excluding hydrogens is 300 g/mol. The summed E-state index contributed by atoms with van der Waals surface area (Å²) < 4.78 is 29.1. The second kappa shape index (κ2) is 9.06. The lowest BCUT2D eigenvalue weighted by Gasteiger charge is -2.14. The van der Waals surface area contributed by atoms with Crippen LogP contribution < -0.4 is 0 Å². The highest BCUT2D eigenvalue weighted by atomic mass is 32.2. The average Bonchev–Trinajstić information content (AvgIpc) is 2.49. The minimum Gasteiger partial charge on any atom is -0.297 e. The van der Waals surface area contributed by atoms with Crippen LogP contribution in [0.2, 0.25) is 0 Å². The lowest BCUT2D eigenvalue weighted by molar-refractivity contribution is -0.125. The van der Waals surface area contributed by atoms with Gasteiger partial charge >= 0.3 is 0 Å². The zero-order chi connectivity index (χ0) is 16.6. The minimum atomic E-state index is -3.86. The number of hydrogen-bond donors (Lipinski definition) is 0. The zero-order valence-electron chi connectivity index (χ0n) is 13.7. The summed E-state index contributed by atoms with van der Waals surface area (Å²) in [6.45, 7) is 5.61. The van der Waals surface area contributed by atoms with Crippen LogP contribution >= 0.6 is 0 Å². The molecule has 0 radical (unpaired) electrons. The molecule has 0 bridgehead atoms. The number of aryl methyl sites for hydroxylation is 1. The fourth-order valence-corrected chi connectivity index (χ4v) is 3.17. The number of hydrogen-bond acceptors (Lipinski definition) is 4. The van der Waals surface area contributed by atoms with Gasteiger partial charge < -0.3 is 0 Å². The molecule has 1 rings (SSSR count). The van der Waals surface area contributed by atoms with Gasteiger partial charge in [0.25, 0.3) is 10.1 Å². The highest BCUT2D eigenvalue weighted by Gasteiger charge is 2.21. The number of unbranched alkanes of at least 4 members (excludes halogenated alkanes) is 1. The molecule has 0 aliphatic heterocycles. The first kappa shape index (κ1) is 18.8. The number of carbonyl (C=O) groups is 1. The Balaban J connectivity index is 2.65. The summed E-state index contributed by atoms with van der Waals surface area (Å²) >= 11 is 0. The van der Waals surface area contributed by atoms with Crippen molar-refractivity contribution >= 4 is 15.9 Å². The molecule has 22 heavy (non-hydrogen) atoms.